The number of nitrogens with zero attached hydrogens (tertiary/aromatic N) is 5. The second-order valence-corrected chi connectivity index (χ2v) is 10.3. The van der Waals surface area contributed by atoms with E-state index in [0.29, 0.717) is 17.1 Å². The Bertz CT molecular complexity index is 1320. The average Bonchev–Trinajstić information content (AvgIpc) is 3.60. The lowest BCUT2D eigenvalue weighted by atomic mass is 10.2. The third-order valence-electron chi connectivity index (χ3n) is 6.33. The number of ether oxygens (including phenoxy) is 2. The molecule has 0 saturated carbocycles. The first kappa shape index (κ1) is 27.3. The van der Waals surface area contributed by atoms with E-state index in [9.17, 15) is 27.5 Å². The number of carbonyl (C=O) groups is 1. The molecule has 2 aliphatic heterocycles. The van der Waals surface area contributed by atoms with Crippen molar-refractivity contribution in [1.82, 2.24) is 15.0 Å². The Morgan fingerprint density at radius 1 is 1.23 bits per heavy atom. The third kappa shape index (κ3) is 6.02. The lowest BCUT2D eigenvalue weighted by Gasteiger charge is -2.34. The summed E-state index contributed by atoms with van der Waals surface area (Å²) in [4.78, 5) is 27.9. The summed E-state index contributed by atoms with van der Waals surface area (Å²) in [6, 6.07) is 5.34. The van der Waals surface area contributed by atoms with E-state index in [1.165, 1.54) is 34.6 Å². The Kier molecular flexibility index (Phi) is 8.05. The van der Waals surface area contributed by atoms with Gasteiger partial charge >= 0.3 is 5.97 Å². The van der Waals surface area contributed by atoms with E-state index in [2.05, 4.69) is 15.0 Å². The van der Waals surface area contributed by atoms with Crippen molar-refractivity contribution in [2.24, 2.45) is 0 Å². The number of aliphatic carboxylic acids is 1. The second kappa shape index (κ2) is 11.5. The van der Waals surface area contributed by atoms with Crippen LogP contribution in [0.1, 0.15) is 18.7 Å². The molecule has 39 heavy (non-hydrogen) atoms. The Balaban J connectivity index is 1.42. The monoisotopic (exact) mass is 587 g/mol. The average molecular weight is 588 g/mol. The van der Waals surface area contributed by atoms with Gasteiger partial charge in [-0.15, -0.1) is 11.3 Å². The summed E-state index contributed by atoms with van der Waals surface area (Å²) in [6.07, 6.45) is -6.37. The van der Waals surface area contributed by atoms with Crippen LogP contribution >= 0.6 is 22.9 Å². The molecule has 3 aromatic rings. The van der Waals surface area contributed by atoms with Crippen LogP contribution in [0.5, 0.6) is 5.88 Å². The van der Waals surface area contributed by atoms with Gasteiger partial charge in [0.1, 0.15) is 29.8 Å². The van der Waals surface area contributed by atoms with Gasteiger partial charge in [0.15, 0.2) is 5.82 Å². The van der Waals surface area contributed by atoms with Crippen LogP contribution in [-0.2, 0) is 9.53 Å². The van der Waals surface area contributed by atoms with Crippen molar-refractivity contribution >= 4 is 40.4 Å². The molecule has 208 valence electrons. The molecule has 0 amide bonds. The van der Waals surface area contributed by atoms with Crippen molar-refractivity contribution in [3.63, 3.8) is 0 Å². The standard InChI is InChI=1S/C24H22ClF4N5O4S/c25-12-6-15(33-3-4-37-17(11-33)20(26)27)23(30-9-12)38-13-7-16(24(35)36)34(10-13)19-8-14(18-2-1-5-39-18)31-22(32-19)21(28)29/h1-2,5-6,8-9,13,16-17,20-21H,3-4,7,10-11H2,(H,35,36)/t13-,16-,17-/m0/s1. The zero-order chi connectivity index (χ0) is 27.7. The van der Waals surface area contributed by atoms with Crippen LogP contribution in [0.15, 0.2) is 35.8 Å². The van der Waals surface area contributed by atoms with Gasteiger partial charge in [0.2, 0.25) is 5.88 Å². The van der Waals surface area contributed by atoms with E-state index in [1.807, 2.05) is 0 Å². The van der Waals surface area contributed by atoms with E-state index < -0.39 is 42.9 Å². The van der Waals surface area contributed by atoms with Crippen molar-refractivity contribution in [1.29, 1.82) is 0 Å². The molecule has 0 bridgehead atoms. The highest BCUT2D eigenvalue weighted by atomic mass is 35.5. The van der Waals surface area contributed by atoms with Gasteiger partial charge in [0.05, 0.1) is 35.3 Å². The summed E-state index contributed by atoms with van der Waals surface area (Å²) >= 11 is 7.43. The summed E-state index contributed by atoms with van der Waals surface area (Å²) in [5, 5.41) is 12.0. The second-order valence-electron chi connectivity index (χ2n) is 8.90. The van der Waals surface area contributed by atoms with Crippen molar-refractivity contribution < 1.29 is 36.9 Å². The largest absolute Gasteiger partial charge is 0.480 e. The van der Waals surface area contributed by atoms with Gasteiger partial charge in [-0.25, -0.2) is 37.3 Å². The van der Waals surface area contributed by atoms with Crippen LogP contribution in [0.3, 0.4) is 0 Å². The maximum atomic E-state index is 13.6. The van der Waals surface area contributed by atoms with Crippen molar-refractivity contribution in [3.05, 3.63) is 46.7 Å². The van der Waals surface area contributed by atoms with Gasteiger partial charge in [-0.05, 0) is 17.5 Å². The molecule has 2 aliphatic rings. The number of pyridine rings is 1. The molecule has 5 heterocycles. The minimum Gasteiger partial charge on any atom is -0.480 e. The lowest BCUT2D eigenvalue weighted by Crippen LogP contribution is -2.46. The molecule has 0 unspecified atom stereocenters. The number of hydrogen-bond donors (Lipinski definition) is 1. The topological polar surface area (TPSA) is 101 Å². The van der Waals surface area contributed by atoms with E-state index >= 15 is 0 Å². The number of morpholine rings is 1. The molecule has 15 heteroatoms. The van der Waals surface area contributed by atoms with E-state index in [1.54, 1.807) is 22.4 Å². The van der Waals surface area contributed by atoms with Gasteiger partial charge in [0.25, 0.3) is 12.9 Å². The fraction of sp³-hybridized carbons (Fsp3) is 0.417. The molecule has 0 aromatic carbocycles. The predicted molar refractivity (Wildman–Crippen MR) is 135 cm³/mol. The molecular weight excluding hydrogens is 566 g/mol. The first-order chi connectivity index (χ1) is 18.7. The number of anilines is 2. The Hall–Kier alpha value is -3.23. The molecule has 2 saturated heterocycles. The normalized spacial score (nSPS) is 21.7. The van der Waals surface area contributed by atoms with Crippen LogP contribution in [0, 0.1) is 0 Å². The molecule has 0 aliphatic carbocycles. The maximum absolute atomic E-state index is 13.6. The number of carboxylic acid groups (broad SMARTS) is 1. The quantitative estimate of drug-likeness (QED) is 0.373. The number of aromatic nitrogens is 3. The molecule has 5 rings (SSSR count). The van der Waals surface area contributed by atoms with Gasteiger partial charge < -0.3 is 24.4 Å². The summed E-state index contributed by atoms with van der Waals surface area (Å²) < 4.78 is 65.1. The highest BCUT2D eigenvalue weighted by Crippen LogP contribution is 2.36. The number of alkyl halides is 4. The van der Waals surface area contributed by atoms with Gasteiger partial charge in [0, 0.05) is 25.2 Å². The fourth-order valence-electron chi connectivity index (χ4n) is 4.56. The zero-order valence-corrected chi connectivity index (χ0v) is 21.7. The number of hydrogen-bond acceptors (Lipinski definition) is 9. The fourth-order valence-corrected chi connectivity index (χ4v) is 5.39. The van der Waals surface area contributed by atoms with Crippen LogP contribution < -0.4 is 14.5 Å². The van der Waals surface area contributed by atoms with Crippen molar-refractivity contribution in [2.45, 2.75) is 37.5 Å². The first-order valence-electron chi connectivity index (χ1n) is 11.9. The van der Waals surface area contributed by atoms with Gasteiger partial charge in [-0.2, -0.15) is 0 Å². The van der Waals surface area contributed by atoms with Crippen molar-refractivity contribution in [2.75, 3.05) is 36.0 Å². The smallest absolute Gasteiger partial charge is 0.326 e. The predicted octanol–water partition coefficient (Wildman–Crippen LogP) is 4.77. The third-order valence-corrected chi connectivity index (χ3v) is 7.43. The number of carboxylic acids is 1. The maximum Gasteiger partial charge on any atom is 0.326 e. The van der Waals surface area contributed by atoms with E-state index in [4.69, 9.17) is 21.1 Å². The summed E-state index contributed by atoms with van der Waals surface area (Å²) in [7, 11) is 0. The summed E-state index contributed by atoms with van der Waals surface area (Å²) in [5.74, 6) is -1.79. The number of thiophene rings is 1. The SMILES string of the molecule is O=C(O)[C@@H]1C[C@H](Oc2ncc(Cl)cc2N2CCO[C@H](C(F)F)C2)CN1c1cc(-c2cccs2)nc(C(F)F)n1. The molecule has 2 fully saturated rings. The highest BCUT2D eigenvalue weighted by Gasteiger charge is 2.40. The molecule has 9 nitrogen and oxygen atoms in total. The van der Waals surface area contributed by atoms with Gasteiger partial charge in [-0.3, -0.25) is 0 Å². The van der Waals surface area contributed by atoms with Crippen molar-refractivity contribution in [3.8, 4) is 16.5 Å². The molecule has 3 aromatic heterocycles. The highest BCUT2D eigenvalue weighted by molar-refractivity contribution is 7.13. The minimum absolute atomic E-state index is 0.00689. The van der Waals surface area contributed by atoms with Gasteiger partial charge in [-0.1, -0.05) is 17.7 Å². The Morgan fingerprint density at radius 3 is 2.74 bits per heavy atom. The Labute approximate surface area is 229 Å². The molecule has 0 radical (unpaired) electrons. The molecule has 3 atom stereocenters. The van der Waals surface area contributed by atoms with Crippen LogP contribution in [0.25, 0.3) is 10.6 Å². The van der Waals surface area contributed by atoms with Crippen LogP contribution in [-0.4, -0.2) is 76.9 Å². The molecular formula is C24H22ClF4N5O4S. The Morgan fingerprint density at radius 2 is 2.05 bits per heavy atom. The number of halogens is 5. The van der Waals surface area contributed by atoms with Crippen LogP contribution in [0.2, 0.25) is 5.02 Å². The summed E-state index contributed by atoms with van der Waals surface area (Å²) in [5.41, 5.74) is 0.616. The van der Waals surface area contributed by atoms with E-state index in [0.717, 1.165) is 0 Å². The lowest BCUT2D eigenvalue weighted by molar-refractivity contribution is -0.138. The first-order valence-corrected chi connectivity index (χ1v) is 13.1. The summed E-state index contributed by atoms with van der Waals surface area (Å²) in [6.45, 7) is 0.228. The molecule has 0 spiro atoms. The zero-order valence-electron chi connectivity index (χ0n) is 20.1. The molecule has 1 N–H and O–H groups in total. The van der Waals surface area contributed by atoms with E-state index in [-0.39, 0.29) is 48.5 Å². The number of rotatable bonds is 8. The minimum atomic E-state index is -2.96. The van der Waals surface area contributed by atoms with Crippen LogP contribution in [0.4, 0.5) is 29.1 Å².